The number of rotatable bonds is 4. The van der Waals surface area contributed by atoms with E-state index in [4.69, 9.17) is 5.11 Å². The average Bonchev–Trinajstić information content (AvgIpc) is 2.88. The monoisotopic (exact) mass is 276 g/mol. The number of aromatic carboxylic acids is 1. The summed E-state index contributed by atoms with van der Waals surface area (Å²) in [6.45, 7) is 0. The number of nitro groups is 1. The lowest BCUT2D eigenvalue weighted by atomic mass is 10.2. The number of carbonyl (C=O) groups excluding carboxylic acids is 1. The van der Waals surface area contributed by atoms with Crippen LogP contribution in [0.4, 0.5) is 11.5 Å². The number of hydrogen-bond acceptors (Lipinski definition) is 5. The molecule has 0 bridgehead atoms. The second-order valence-corrected chi connectivity index (χ2v) is 3.72. The van der Waals surface area contributed by atoms with Crippen molar-refractivity contribution in [2.45, 2.75) is 0 Å². The normalized spacial score (nSPS) is 10.0. The van der Waals surface area contributed by atoms with E-state index < -0.39 is 16.8 Å². The fraction of sp³-hybridized carbons (Fsp3) is 0. The maximum absolute atomic E-state index is 11.8. The van der Waals surface area contributed by atoms with Crippen LogP contribution in [-0.4, -0.2) is 31.9 Å². The Labute approximate surface area is 111 Å². The number of hydrogen-bond donors (Lipinski definition) is 3. The molecule has 2 aromatic rings. The van der Waals surface area contributed by atoms with Crippen molar-refractivity contribution in [1.29, 1.82) is 0 Å². The fourth-order valence-corrected chi connectivity index (χ4v) is 1.43. The number of carbonyl (C=O) groups is 2. The van der Waals surface area contributed by atoms with Crippen molar-refractivity contribution in [3.63, 3.8) is 0 Å². The molecule has 0 aliphatic rings. The van der Waals surface area contributed by atoms with Crippen LogP contribution in [0, 0.1) is 10.1 Å². The number of amides is 1. The number of aromatic nitrogens is 2. The Bertz CT molecular complexity index is 694. The smallest absolute Gasteiger partial charge is 0.335 e. The Morgan fingerprint density at radius 3 is 2.75 bits per heavy atom. The second kappa shape index (κ2) is 5.18. The van der Waals surface area contributed by atoms with Crippen LogP contribution < -0.4 is 5.32 Å². The number of carboxylic acid groups (broad SMARTS) is 1. The van der Waals surface area contributed by atoms with Gasteiger partial charge < -0.3 is 15.4 Å². The molecule has 0 atom stereocenters. The molecule has 102 valence electrons. The summed E-state index contributed by atoms with van der Waals surface area (Å²) in [6.07, 6.45) is 2.31. The quantitative estimate of drug-likeness (QED) is 0.567. The van der Waals surface area contributed by atoms with Crippen molar-refractivity contribution < 1.29 is 19.6 Å². The average molecular weight is 276 g/mol. The number of aromatic amines is 1. The molecule has 0 fully saturated rings. The molecule has 0 aliphatic carbocycles. The van der Waals surface area contributed by atoms with Crippen molar-refractivity contribution in [1.82, 2.24) is 9.97 Å². The highest BCUT2D eigenvalue weighted by Crippen LogP contribution is 2.14. The lowest BCUT2D eigenvalue weighted by molar-refractivity contribution is -0.384. The molecular weight excluding hydrogens is 268 g/mol. The van der Waals surface area contributed by atoms with Gasteiger partial charge in [-0.25, -0.2) is 9.78 Å². The van der Waals surface area contributed by atoms with Crippen LogP contribution in [0.3, 0.4) is 0 Å². The Morgan fingerprint density at radius 1 is 1.40 bits per heavy atom. The molecule has 2 aromatic heterocycles. The Kier molecular flexibility index (Phi) is 3.42. The van der Waals surface area contributed by atoms with Gasteiger partial charge in [0, 0.05) is 12.3 Å². The molecule has 3 N–H and O–H groups in total. The fourth-order valence-electron chi connectivity index (χ4n) is 1.43. The van der Waals surface area contributed by atoms with E-state index in [9.17, 15) is 19.7 Å². The van der Waals surface area contributed by atoms with Crippen LogP contribution in [0.25, 0.3) is 0 Å². The van der Waals surface area contributed by atoms with Gasteiger partial charge in [0.1, 0.15) is 11.5 Å². The zero-order chi connectivity index (χ0) is 14.7. The summed E-state index contributed by atoms with van der Waals surface area (Å²) in [5.41, 5.74) is -0.311. The van der Waals surface area contributed by atoms with Gasteiger partial charge in [0.15, 0.2) is 0 Å². The molecule has 0 radical (unpaired) electrons. The zero-order valence-corrected chi connectivity index (χ0v) is 9.86. The van der Waals surface area contributed by atoms with E-state index in [0.29, 0.717) is 0 Å². The highest BCUT2D eigenvalue weighted by molar-refractivity contribution is 6.03. The maximum Gasteiger partial charge on any atom is 0.335 e. The molecule has 0 saturated heterocycles. The first-order valence-corrected chi connectivity index (χ1v) is 5.31. The summed E-state index contributed by atoms with van der Waals surface area (Å²) < 4.78 is 0. The van der Waals surface area contributed by atoms with Gasteiger partial charge in [-0.2, -0.15) is 0 Å². The van der Waals surface area contributed by atoms with Gasteiger partial charge in [0.2, 0.25) is 0 Å². The van der Waals surface area contributed by atoms with E-state index in [0.717, 1.165) is 12.3 Å². The maximum atomic E-state index is 11.8. The minimum Gasteiger partial charge on any atom is -0.478 e. The van der Waals surface area contributed by atoms with Crippen molar-refractivity contribution in [2.24, 2.45) is 0 Å². The molecule has 9 nitrogen and oxygen atoms in total. The summed E-state index contributed by atoms with van der Waals surface area (Å²) in [5.74, 6) is -1.78. The molecular formula is C11H8N4O5. The molecule has 0 unspecified atom stereocenters. The van der Waals surface area contributed by atoms with Gasteiger partial charge in [-0.1, -0.05) is 0 Å². The summed E-state index contributed by atoms with van der Waals surface area (Å²) in [7, 11) is 0. The number of anilines is 1. The largest absolute Gasteiger partial charge is 0.478 e. The first-order valence-electron chi connectivity index (χ1n) is 5.31. The third kappa shape index (κ3) is 2.77. The summed E-state index contributed by atoms with van der Waals surface area (Å²) in [5, 5.41) is 21.6. The Morgan fingerprint density at radius 2 is 2.15 bits per heavy atom. The highest BCUT2D eigenvalue weighted by atomic mass is 16.6. The number of H-pyrrole nitrogens is 1. The van der Waals surface area contributed by atoms with E-state index in [1.54, 1.807) is 0 Å². The second-order valence-electron chi connectivity index (χ2n) is 3.72. The number of pyridine rings is 1. The molecule has 0 aliphatic heterocycles. The van der Waals surface area contributed by atoms with E-state index in [1.165, 1.54) is 18.3 Å². The summed E-state index contributed by atoms with van der Waals surface area (Å²) >= 11 is 0. The van der Waals surface area contributed by atoms with Crippen LogP contribution in [0.5, 0.6) is 0 Å². The van der Waals surface area contributed by atoms with Crippen LogP contribution >= 0.6 is 0 Å². The van der Waals surface area contributed by atoms with Gasteiger partial charge in [0.05, 0.1) is 16.7 Å². The highest BCUT2D eigenvalue weighted by Gasteiger charge is 2.15. The minimum absolute atomic E-state index is 0.0285. The number of nitrogens with one attached hydrogen (secondary N) is 2. The Hall–Kier alpha value is -3.23. The standard InChI is InChI=1S/C11H8N4O5/c16-10(8-4-7(5-13-8)15(19)20)14-9-3-6(11(17)18)1-2-12-9/h1-5,13H,(H,17,18)(H,12,14,16). The van der Waals surface area contributed by atoms with E-state index in [-0.39, 0.29) is 22.8 Å². The first-order chi connectivity index (χ1) is 9.47. The van der Waals surface area contributed by atoms with Crippen LogP contribution in [0.1, 0.15) is 20.8 Å². The van der Waals surface area contributed by atoms with Crippen molar-refractivity contribution in [2.75, 3.05) is 5.32 Å². The predicted octanol–water partition coefficient (Wildman–Crippen LogP) is 1.27. The number of nitrogens with zero attached hydrogens (tertiary/aromatic N) is 2. The zero-order valence-electron chi connectivity index (χ0n) is 9.86. The molecule has 0 aromatic carbocycles. The minimum atomic E-state index is -1.15. The van der Waals surface area contributed by atoms with E-state index in [1.807, 2.05) is 0 Å². The van der Waals surface area contributed by atoms with E-state index >= 15 is 0 Å². The van der Waals surface area contributed by atoms with Crippen LogP contribution in [-0.2, 0) is 0 Å². The molecule has 9 heteroatoms. The molecule has 2 rings (SSSR count). The van der Waals surface area contributed by atoms with Crippen molar-refractivity contribution in [3.8, 4) is 0 Å². The topological polar surface area (TPSA) is 138 Å². The lowest BCUT2D eigenvalue weighted by Crippen LogP contribution is -2.13. The lowest BCUT2D eigenvalue weighted by Gasteiger charge is -2.03. The van der Waals surface area contributed by atoms with Crippen molar-refractivity contribution >= 4 is 23.4 Å². The van der Waals surface area contributed by atoms with Crippen LogP contribution in [0.2, 0.25) is 0 Å². The SMILES string of the molecule is O=C(O)c1ccnc(NC(=O)c2cc([N+](=O)[O-])c[nH]2)c1. The number of carboxylic acids is 1. The van der Waals surface area contributed by atoms with Gasteiger partial charge in [0.25, 0.3) is 11.6 Å². The van der Waals surface area contributed by atoms with Gasteiger partial charge in [-0.3, -0.25) is 14.9 Å². The van der Waals surface area contributed by atoms with Crippen LogP contribution in [0.15, 0.2) is 30.6 Å². The predicted molar refractivity (Wildman–Crippen MR) is 66.6 cm³/mol. The molecule has 2 heterocycles. The molecule has 0 spiro atoms. The Balaban J connectivity index is 2.16. The van der Waals surface area contributed by atoms with Crippen molar-refractivity contribution in [3.05, 3.63) is 52.0 Å². The summed E-state index contributed by atoms with van der Waals surface area (Å²) in [4.78, 5) is 38.6. The molecule has 1 amide bonds. The van der Waals surface area contributed by atoms with Gasteiger partial charge in [-0.05, 0) is 12.1 Å². The molecule has 20 heavy (non-hydrogen) atoms. The third-order valence-corrected chi connectivity index (χ3v) is 2.37. The summed E-state index contributed by atoms with van der Waals surface area (Å²) in [6, 6.07) is 3.52. The van der Waals surface area contributed by atoms with Gasteiger partial charge in [-0.15, -0.1) is 0 Å². The first kappa shape index (κ1) is 13.2. The third-order valence-electron chi connectivity index (χ3n) is 2.37. The molecule has 0 saturated carbocycles. The van der Waals surface area contributed by atoms with E-state index in [2.05, 4.69) is 15.3 Å². The van der Waals surface area contributed by atoms with Gasteiger partial charge >= 0.3 is 5.97 Å².